The second-order valence-corrected chi connectivity index (χ2v) is 8.04. The summed E-state index contributed by atoms with van der Waals surface area (Å²) in [6, 6.07) is 11.8. The topological polar surface area (TPSA) is 46.9 Å². The number of aryl methyl sites for hydroxylation is 1. The summed E-state index contributed by atoms with van der Waals surface area (Å²) in [5.74, 6) is 1.17. The third-order valence-corrected chi connectivity index (χ3v) is 5.08. The number of carbonyl (C=O) groups excluding carboxylic acids is 1. The number of rotatable bonds is 6. The predicted molar refractivity (Wildman–Crippen MR) is 112 cm³/mol. The zero-order valence-electron chi connectivity index (χ0n) is 15.7. The minimum atomic E-state index is -0.0424. The summed E-state index contributed by atoms with van der Waals surface area (Å²) in [7, 11) is 0. The highest BCUT2D eigenvalue weighted by Gasteiger charge is 2.16. The first-order chi connectivity index (χ1) is 12.8. The maximum Gasteiger partial charge on any atom is 0.240 e. The molecule has 0 fully saturated rings. The summed E-state index contributed by atoms with van der Waals surface area (Å²) in [5, 5.41) is 3.87. The Balaban J connectivity index is 1.97. The Morgan fingerprint density at radius 1 is 1.15 bits per heavy atom. The van der Waals surface area contributed by atoms with E-state index in [1.165, 1.54) is 5.56 Å². The summed E-state index contributed by atoms with van der Waals surface area (Å²) < 4.78 is 1.92. The number of carbonyl (C=O) groups is 1. The van der Waals surface area contributed by atoms with E-state index in [2.05, 4.69) is 50.4 Å². The van der Waals surface area contributed by atoms with E-state index in [9.17, 15) is 4.79 Å². The summed E-state index contributed by atoms with van der Waals surface area (Å²) >= 11 is 12.4. The van der Waals surface area contributed by atoms with Crippen LogP contribution in [-0.4, -0.2) is 22.0 Å². The van der Waals surface area contributed by atoms with Gasteiger partial charge in [-0.1, -0.05) is 66.9 Å². The highest BCUT2D eigenvalue weighted by atomic mass is 35.5. The number of nitrogens with zero attached hydrogens (tertiary/aromatic N) is 2. The minimum absolute atomic E-state index is 0.0424. The van der Waals surface area contributed by atoms with Crippen molar-refractivity contribution in [1.82, 2.24) is 14.9 Å². The molecule has 0 unspecified atom stereocenters. The van der Waals surface area contributed by atoms with Crippen LogP contribution in [0.3, 0.4) is 0 Å². The molecule has 6 heteroatoms. The van der Waals surface area contributed by atoms with E-state index in [1.54, 1.807) is 12.1 Å². The smallest absolute Gasteiger partial charge is 0.240 e. The van der Waals surface area contributed by atoms with E-state index < -0.39 is 0 Å². The van der Waals surface area contributed by atoms with Crippen molar-refractivity contribution in [2.24, 2.45) is 5.92 Å². The largest absolute Gasteiger partial charge is 0.354 e. The van der Waals surface area contributed by atoms with E-state index in [0.29, 0.717) is 28.9 Å². The molecule has 0 spiro atoms. The second kappa shape index (κ2) is 8.32. The molecular formula is C21H23Cl2N3O. The first kappa shape index (κ1) is 19.7. The molecule has 4 nitrogen and oxygen atoms in total. The Labute approximate surface area is 169 Å². The van der Waals surface area contributed by atoms with Gasteiger partial charge in [-0.3, -0.25) is 4.79 Å². The molecule has 142 valence electrons. The Morgan fingerprint density at radius 3 is 2.48 bits per heavy atom. The number of imidazole rings is 1. The first-order valence-corrected chi connectivity index (χ1v) is 9.75. The van der Waals surface area contributed by atoms with Crippen molar-refractivity contribution in [3.63, 3.8) is 0 Å². The van der Waals surface area contributed by atoms with Crippen molar-refractivity contribution in [3.8, 4) is 0 Å². The highest BCUT2D eigenvalue weighted by molar-refractivity contribution is 6.42. The van der Waals surface area contributed by atoms with Gasteiger partial charge in [0.1, 0.15) is 12.4 Å². The van der Waals surface area contributed by atoms with Crippen LogP contribution in [-0.2, 0) is 17.8 Å². The Kier molecular flexibility index (Phi) is 6.08. The lowest BCUT2D eigenvalue weighted by molar-refractivity contribution is -0.121. The van der Waals surface area contributed by atoms with Crippen LogP contribution in [0.25, 0.3) is 11.0 Å². The van der Waals surface area contributed by atoms with E-state index in [4.69, 9.17) is 28.2 Å². The molecule has 1 aromatic heterocycles. The van der Waals surface area contributed by atoms with Crippen molar-refractivity contribution in [2.45, 2.75) is 33.7 Å². The van der Waals surface area contributed by atoms with Crippen LogP contribution in [0.1, 0.15) is 30.8 Å². The van der Waals surface area contributed by atoms with Gasteiger partial charge in [0, 0.05) is 13.0 Å². The van der Waals surface area contributed by atoms with Gasteiger partial charge in [0.15, 0.2) is 0 Å². The van der Waals surface area contributed by atoms with Crippen molar-refractivity contribution in [2.75, 3.05) is 6.54 Å². The van der Waals surface area contributed by atoms with Gasteiger partial charge in [0.05, 0.1) is 21.1 Å². The molecule has 1 amide bonds. The molecule has 0 aliphatic carbocycles. The molecule has 0 bridgehead atoms. The Morgan fingerprint density at radius 2 is 1.81 bits per heavy atom. The number of aromatic nitrogens is 2. The number of nitrogens with one attached hydrogen (secondary N) is 1. The van der Waals surface area contributed by atoms with E-state index in [1.807, 2.05) is 4.57 Å². The lowest BCUT2D eigenvalue weighted by atomic mass is 10.1. The van der Waals surface area contributed by atoms with Crippen LogP contribution < -0.4 is 5.32 Å². The molecule has 2 aromatic carbocycles. The van der Waals surface area contributed by atoms with Gasteiger partial charge in [-0.15, -0.1) is 0 Å². The summed E-state index contributed by atoms with van der Waals surface area (Å²) in [6.07, 6.45) is 0.627. The zero-order valence-corrected chi connectivity index (χ0v) is 17.2. The van der Waals surface area contributed by atoms with Crippen LogP contribution in [0, 0.1) is 12.8 Å². The van der Waals surface area contributed by atoms with Crippen LogP contribution in [0.15, 0.2) is 36.4 Å². The van der Waals surface area contributed by atoms with Gasteiger partial charge in [-0.05, 0) is 30.5 Å². The zero-order chi connectivity index (χ0) is 19.6. The molecule has 0 radical (unpaired) electrons. The third-order valence-electron chi connectivity index (χ3n) is 4.36. The normalized spacial score (nSPS) is 11.3. The van der Waals surface area contributed by atoms with Crippen LogP contribution >= 0.6 is 23.2 Å². The van der Waals surface area contributed by atoms with Gasteiger partial charge < -0.3 is 9.88 Å². The van der Waals surface area contributed by atoms with E-state index >= 15 is 0 Å². The second-order valence-electron chi connectivity index (χ2n) is 7.23. The number of hydrogen-bond donors (Lipinski definition) is 1. The third kappa shape index (κ3) is 4.82. The summed E-state index contributed by atoms with van der Waals surface area (Å²) in [6.45, 7) is 7.03. The van der Waals surface area contributed by atoms with Gasteiger partial charge in [-0.2, -0.15) is 0 Å². The Hall–Kier alpha value is -2.04. The van der Waals surface area contributed by atoms with Crippen molar-refractivity contribution in [3.05, 3.63) is 63.4 Å². The maximum atomic E-state index is 12.4. The standard InChI is InChI=1S/C21H23Cl2N3O/c1-13(2)11-24-21(27)12-26-19-10-17(23)16(22)9-18(19)25-20(26)8-15-6-4-14(3)5-7-15/h4-7,9-10,13H,8,11-12H2,1-3H3,(H,24,27). The van der Waals surface area contributed by atoms with Gasteiger partial charge >= 0.3 is 0 Å². The molecule has 0 atom stereocenters. The van der Waals surface area contributed by atoms with Crippen molar-refractivity contribution in [1.29, 1.82) is 0 Å². The van der Waals surface area contributed by atoms with Crippen molar-refractivity contribution < 1.29 is 4.79 Å². The summed E-state index contributed by atoms with van der Waals surface area (Å²) in [5.41, 5.74) is 3.89. The molecular weight excluding hydrogens is 381 g/mol. The first-order valence-electron chi connectivity index (χ1n) is 9.00. The maximum absolute atomic E-state index is 12.4. The van der Waals surface area contributed by atoms with E-state index in [-0.39, 0.29) is 12.5 Å². The molecule has 0 aliphatic heterocycles. The monoisotopic (exact) mass is 403 g/mol. The molecule has 3 aromatic rings. The van der Waals surface area contributed by atoms with E-state index in [0.717, 1.165) is 22.4 Å². The molecule has 0 aliphatic rings. The fourth-order valence-corrected chi connectivity index (χ4v) is 3.20. The molecule has 27 heavy (non-hydrogen) atoms. The fraction of sp³-hybridized carbons (Fsp3) is 0.333. The number of halogens is 2. The average Bonchev–Trinajstić information content (AvgIpc) is 2.92. The van der Waals surface area contributed by atoms with Gasteiger partial charge in [0.2, 0.25) is 5.91 Å². The Bertz CT molecular complexity index is 962. The molecule has 3 rings (SSSR count). The number of benzene rings is 2. The fourth-order valence-electron chi connectivity index (χ4n) is 2.89. The molecule has 1 N–H and O–H groups in total. The quantitative estimate of drug-likeness (QED) is 0.628. The lowest BCUT2D eigenvalue weighted by Gasteiger charge is -2.12. The van der Waals surface area contributed by atoms with Gasteiger partial charge in [-0.25, -0.2) is 4.98 Å². The number of amides is 1. The summed E-state index contributed by atoms with van der Waals surface area (Å²) in [4.78, 5) is 17.2. The average molecular weight is 404 g/mol. The van der Waals surface area contributed by atoms with Crippen LogP contribution in [0.4, 0.5) is 0 Å². The van der Waals surface area contributed by atoms with Crippen LogP contribution in [0.5, 0.6) is 0 Å². The SMILES string of the molecule is Cc1ccc(Cc2nc3cc(Cl)c(Cl)cc3n2CC(=O)NCC(C)C)cc1. The molecule has 1 heterocycles. The van der Waals surface area contributed by atoms with Gasteiger partial charge in [0.25, 0.3) is 0 Å². The predicted octanol–water partition coefficient (Wildman–Crippen LogP) is 5.01. The lowest BCUT2D eigenvalue weighted by Crippen LogP contribution is -2.31. The molecule has 0 saturated carbocycles. The van der Waals surface area contributed by atoms with Crippen molar-refractivity contribution >= 4 is 40.1 Å². The number of fused-ring (bicyclic) bond motifs is 1. The van der Waals surface area contributed by atoms with Crippen LogP contribution in [0.2, 0.25) is 10.0 Å². The highest BCUT2D eigenvalue weighted by Crippen LogP contribution is 2.29. The molecule has 0 saturated heterocycles. The number of hydrogen-bond acceptors (Lipinski definition) is 2. The minimum Gasteiger partial charge on any atom is -0.354 e.